The maximum Gasteiger partial charge on any atom is 0.305 e. The summed E-state index contributed by atoms with van der Waals surface area (Å²) in [5.74, 6) is -2.35. The van der Waals surface area contributed by atoms with E-state index in [1.165, 1.54) is 44.9 Å². The third-order valence-corrected chi connectivity index (χ3v) is 13.5. The van der Waals surface area contributed by atoms with Crippen LogP contribution < -0.4 is 0 Å². The number of carbonyl (C=O) groups excluding carboxylic acids is 5. The molecule has 0 aromatic rings. The predicted octanol–water partition coefficient (Wildman–Crippen LogP) is 13.8. The van der Waals surface area contributed by atoms with Gasteiger partial charge in [-0.15, -0.1) is 0 Å². The predicted molar refractivity (Wildman–Crippen MR) is 286 cm³/mol. The van der Waals surface area contributed by atoms with Gasteiger partial charge in [0.25, 0.3) is 0 Å². The summed E-state index contributed by atoms with van der Waals surface area (Å²) in [6.07, 6.45) is 42.3. The summed E-state index contributed by atoms with van der Waals surface area (Å²) in [5, 5.41) is 9.43. The van der Waals surface area contributed by atoms with E-state index in [4.69, 9.17) is 23.7 Å². The summed E-state index contributed by atoms with van der Waals surface area (Å²) in [6.45, 7) is 8.60. The number of esters is 5. The topological polar surface area (TPSA) is 155 Å². The van der Waals surface area contributed by atoms with E-state index in [-0.39, 0.29) is 75.9 Å². The van der Waals surface area contributed by atoms with Gasteiger partial charge in [-0.25, -0.2) is 0 Å². The number of nitrogens with zero attached hydrogens (tertiary/aromatic N) is 1. The van der Waals surface area contributed by atoms with Crippen LogP contribution in [0, 0.1) is 11.8 Å². The molecule has 1 aliphatic carbocycles. The molecule has 12 heteroatoms. The molecule has 0 radical (unpaired) electrons. The zero-order valence-corrected chi connectivity index (χ0v) is 45.6. The molecule has 0 amide bonds. The standard InChI is InChI=1S/C59H105NO11/c1-4-7-10-13-14-15-16-17-18-19-20-21-22-26-31-41-57(64)69-49-53(50-70-58(65)42-32-27-23-28-33-44-60(45-46-61)54-37-35-38-54)51-71-59(66)43-34-36-52(47-67-55(62)39-29-24-11-8-5-2)48-68-56(63)40-30-25-12-9-6-3/h14-15,17-18,52-54,61H,4-13,16,19-51H2,1-3H3/b15-14-,18-17-. The first-order valence-corrected chi connectivity index (χ1v) is 29.1. The molecule has 0 aromatic carbocycles. The van der Waals surface area contributed by atoms with E-state index in [0.717, 1.165) is 154 Å². The van der Waals surface area contributed by atoms with E-state index < -0.39 is 11.9 Å². The molecular weight excluding hydrogens is 899 g/mol. The molecule has 1 fully saturated rings. The molecule has 12 nitrogen and oxygen atoms in total. The molecule has 0 saturated heterocycles. The van der Waals surface area contributed by atoms with Crippen molar-refractivity contribution < 1.29 is 52.8 Å². The van der Waals surface area contributed by atoms with Gasteiger partial charge in [-0.05, 0) is 96.4 Å². The van der Waals surface area contributed by atoms with Crippen molar-refractivity contribution in [2.45, 2.75) is 258 Å². The van der Waals surface area contributed by atoms with Gasteiger partial charge in [-0.2, -0.15) is 0 Å². The maximum atomic E-state index is 13.0. The molecule has 0 bridgehead atoms. The fourth-order valence-corrected chi connectivity index (χ4v) is 8.61. The van der Waals surface area contributed by atoms with Gasteiger partial charge in [0.05, 0.1) is 25.7 Å². The van der Waals surface area contributed by atoms with Crippen molar-refractivity contribution in [2.75, 3.05) is 52.7 Å². The van der Waals surface area contributed by atoms with Crippen LogP contribution in [0.4, 0.5) is 0 Å². The molecule has 0 spiro atoms. The van der Waals surface area contributed by atoms with E-state index in [1.54, 1.807) is 0 Å². The minimum Gasteiger partial charge on any atom is -0.465 e. The van der Waals surface area contributed by atoms with Gasteiger partial charge in [0.2, 0.25) is 0 Å². The summed E-state index contributed by atoms with van der Waals surface area (Å²) >= 11 is 0. The summed E-state index contributed by atoms with van der Waals surface area (Å²) in [7, 11) is 0. The van der Waals surface area contributed by atoms with Gasteiger partial charge in [-0.1, -0.05) is 154 Å². The van der Waals surface area contributed by atoms with E-state index in [9.17, 15) is 29.1 Å². The smallest absolute Gasteiger partial charge is 0.305 e. The Hall–Kier alpha value is -3.25. The van der Waals surface area contributed by atoms with Crippen molar-refractivity contribution in [3.63, 3.8) is 0 Å². The Morgan fingerprint density at radius 1 is 0.437 bits per heavy atom. The summed E-state index contributed by atoms with van der Waals surface area (Å²) < 4.78 is 28.1. The van der Waals surface area contributed by atoms with E-state index in [0.29, 0.717) is 44.6 Å². The second-order valence-electron chi connectivity index (χ2n) is 20.2. The Bertz CT molecular complexity index is 1330. The van der Waals surface area contributed by atoms with Gasteiger partial charge in [-0.3, -0.25) is 28.9 Å². The molecule has 0 heterocycles. The highest BCUT2D eigenvalue weighted by Gasteiger charge is 2.24. The van der Waals surface area contributed by atoms with Crippen LogP contribution in [0.15, 0.2) is 24.3 Å². The third-order valence-electron chi connectivity index (χ3n) is 13.5. The number of ether oxygens (including phenoxy) is 5. The Kier molecular flexibility index (Phi) is 45.4. The Labute approximate surface area is 432 Å². The fourth-order valence-electron chi connectivity index (χ4n) is 8.61. The van der Waals surface area contributed by atoms with Crippen molar-refractivity contribution in [2.24, 2.45) is 11.8 Å². The number of hydrogen-bond acceptors (Lipinski definition) is 12. The monoisotopic (exact) mass is 1000 g/mol. The van der Waals surface area contributed by atoms with Gasteiger partial charge in [0, 0.05) is 50.6 Å². The van der Waals surface area contributed by atoms with Crippen molar-refractivity contribution in [1.82, 2.24) is 4.90 Å². The molecule has 1 aliphatic rings. The average Bonchev–Trinajstić information content (AvgIpc) is 3.34. The lowest BCUT2D eigenvalue weighted by molar-refractivity contribution is -0.155. The first kappa shape index (κ1) is 65.8. The molecule has 1 rings (SSSR count). The normalized spacial score (nSPS) is 13.3. The van der Waals surface area contributed by atoms with Crippen molar-refractivity contribution in [3.05, 3.63) is 24.3 Å². The zero-order chi connectivity index (χ0) is 51.7. The third kappa shape index (κ3) is 41.9. The Balaban J connectivity index is 2.61. The average molecular weight is 1000 g/mol. The summed E-state index contributed by atoms with van der Waals surface area (Å²) in [6, 6.07) is 0.624. The second kappa shape index (κ2) is 49.0. The largest absolute Gasteiger partial charge is 0.465 e. The first-order valence-electron chi connectivity index (χ1n) is 29.1. The van der Waals surface area contributed by atoms with Crippen LogP contribution in [0.25, 0.3) is 0 Å². The number of aliphatic hydroxyl groups excluding tert-OH is 1. The van der Waals surface area contributed by atoms with E-state index in [1.807, 2.05) is 0 Å². The number of carbonyl (C=O) groups is 5. The summed E-state index contributed by atoms with van der Waals surface area (Å²) in [5.41, 5.74) is 0. The SMILES string of the molecule is CCCCC/C=C\C/C=C\CCCCCCCC(=O)OCC(COC(=O)CCCCCCCN(CCO)C1CCC1)COC(=O)CCCC(COC(=O)CCCCCCC)COC(=O)CCCCCCC. The van der Waals surface area contributed by atoms with Gasteiger partial charge in [0.15, 0.2) is 0 Å². The number of aliphatic hydroxyl groups is 1. The molecule has 412 valence electrons. The van der Waals surface area contributed by atoms with Crippen LogP contribution in [-0.4, -0.2) is 98.6 Å². The molecule has 1 N–H and O–H groups in total. The molecule has 1 atom stereocenters. The lowest BCUT2D eigenvalue weighted by Gasteiger charge is -2.37. The van der Waals surface area contributed by atoms with Crippen LogP contribution in [0.1, 0.15) is 252 Å². The van der Waals surface area contributed by atoms with E-state index >= 15 is 0 Å². The highest BCUT2D eigenvalue weighted by Crippen LogP contribution is 2.25. The van der Waals surface area contributed by atoms with Crippen LogP contribution in [0.2, 0.25) is 0 Å². The fraction of sp³-hybridized carbons (Fsp3) is 0.847. The van der Waals surface area contributed by atoms with Gasteiger partial charge < -0.3 is 28.8 Å². The molecule has 1 unspecified atom stereocenters. The highest BCUT2D eigenvalue weighted by atomic mass is 16.6. The van der Waals surface area contributed by atoms with E-state index in [2.05, 4.69) is 50.0 Å². The van der Waals surface area contributed by atoms with Crippen molar-refractivity contribution in [1.29, 1.82) is 0 Å². The van der Waals surface area contributed by atoms with Gasteiger partial charge in [0.1, 0.15) is 19.8 Å². The van der Waals surface area contributed by atoms with Crippen LogP contribution in [0.5, 0.6) is 0 Å². The Morgan fingerprint density at radius 3 is 1.20 bits per heavy atom. The lowest BCUT2D eigenvalue weighted by Crippen LogP contribution is -2.42. The minimum atomic E-state index is -0.510. The minimum absolute atomic E-state index is 0.0240. The lowest BCUT2D eigenvalue weighted by atomic mass is 9.91. The molecule has 0 aliphatic heterocycles. The molecule has 71 heavy (non-hydrogen) atoms. The number of unbranched alkanes of at least 4 members (excludes halogenated alkanes) is 20. The molecule has 0 aromatic heterocycles. The second-order valence-corrected chi connectivity index (χ2v) is 20.2. The zero-order valence-electron chi connectivity index (χ0n) is 45.6. The summed E-state index contributed by atoms with van der Waals surface area (Å²) in [4.78, 5) is 66.1. The first-order chi connectivity index (χ1) is 34.7. The van der Waals surface area contributed by atoms with Crippen molar-refractivity contribution in [3.8, 4) is 0 Å². The molecule has 1 saturated carbocycles. The van der Waals surface area contributed by atoms with Crippen LogP contribution >= 0.6 is 0 Å². The van der Waals surface area contributed by atoms with Gasteiger partial charge >= 0.3 is 29.8 Å². The maximum absolute atomic E-state index is 13.0. The Morgan fingerprint density at radius 2 is 0.789 bits per heavy atom. The van der Waals surface area contributed by atoms with Crippen LogP contribution in [0.3, 0.4) is 0 Å². The highest BCUT2D eigenvalue weighted by molar-refractivity contribution is 5.71. The van der Waals surface area contributed by atoms with Crippen molar-refractivity contribution >= 4 is 29.8 Å². The molecular formula is C59H105NO11. The number of rotatable bonds is 51. The quantitative estimate of drug-likeness (QED) is 0.0267. The van der Waals surface area contributed by atoms with Crippen LogP contribution in [-0.2, 0) is 47.7 Å². The number of allylic oxidation sites excluding steroid dienone is 4. The number of hydrogen-bond donors (Lipinski definition) is 1.